The Morgan fingerprint density at radius 2 is 2.06 bits per heavy atom. The highest BCUT2D eigenvalue weighted by atomic mass is 16.2. The second-order valence-corrected chi connectivity index (χ2v) is 10.1. The van der Waals surface area contributed by atoms with Crippen LogP contribution in [-0.4, -0.2) is 51.5 Å². The van der Waals surface area contributed by atoms with Crippen molar-refractivity contribution in [3.05, 3.63) is 35.5 Å². The topological polar surface area (TPSA) is 85.1 Å². The maximum atomic E-state index is 13.1. The molecule has 1 aliphatic heterocycles. The number of aromatic amines is 2. The van der Waals surface area contributed by atoms with Crippen LogP contribution in [0.15, 0.2) is 24.3 Å². The zero-order valence-corrected chi connectivity index (χ0v) is 19.3. The van der Waals surface area contributed by atoms with E-state index in [9.17, 15) is 9.59 Å². The summed E-state index contributed by atoms with van der Waals surface area (Å²) >= 11 is 0. The van der Waals surface area contributed by atoms with Gasteiger partial charge >= 0.3 is 0 Å². The van der Waals surface area contributed by atoms with Gasteiger partial charge in [0.1, 0.15) is 11.7 Å². The number of nitrogens with one attached hydrogen (secondary N) is 2. The lowest BCUT2D eigenvalue weighted by molar-refractivity contribution is -0.135. The van der Waals surface area contributed by atoms with Crippen molar-refractivity contribution in [1.29, 1.82) is 0 Å². The minimum atomic E-state index is -0.368. The number of carbonyl (C=O) groups is 2. The number of nitrogens with zero attached hydrogens (tertiary/aromatic N) is 3. The minimum absolute atomic E-state index is 0.0344. The molecule has 1 aliphatic carbocycles. The van der Waals surface area contributed by atoms with Crippen molar-refractivity contribution in [2.45, 2.75) is 58.9 Å². The molecule has 168 valence electrons. The van der Waals surface area contributed by atoms with E-state index in [0.29, 0.717) is 12.0 Å². The predicted molar refractivity (Wildman–Crippen MR) is 126 cm³/mol. The smallest absolute Gasteiger partial charge is 0.249 e. The fraction of sp³-hybridized carbons (Fsp3) is 0.480. The quantitative estimate of drug-likeness (QED) is 0.654. The molecule has 32 heavy (non-hydrogen) atoms. The third-order valence-electron chi connectivity index (χ3n) is 7.18. The lowest BCUT2D eigenvalue weighted by Crippen LogP contribution is -2.46. The van der Waals surface area contributed by atoms with Crippen molar-refractivity contribution in [3.8, 4) is 11.4 Å². The molecule has 2 aliphatic rings. The van der Waals surface area contributed by atoms with Crippen LogP contribution in [-0.2, 0) is 22.4 Å². The molecule has 5 rings (SSSR count). The van der Waals surface area contributed by atoms with Gasteiger partial charge in [0.2, 0.25) is 11.8 Å². The molecule has 1 aromatic carbocycles. The van der Waals surface area contributed by atoms with Gasteiger partial charge in [0, 0.05) is 48.4 Å². The first-order valence-corrected chi connectivity index (χ1v) is 11.5. The Bertz CT molecular complexity index is 1200. The summed E-state index contributed by atoms with van der Waals surface area (Å²) in [5.41, 5.74) is 6.65. The zero-order chi connectivity index (χ0) is 22.6. The van der Waals surface area contributed by atoms with Crippen LogP contribution in [0.1, 0.15) is 51.3 Å². The summed E-state index contributed by atoms with van der Waals surface area (Å²) in [6.07, 6.45) is 4.79. The lowest BCUT2D eigenvalue weighted by atomic mass is 9.76. The van der Waals surface area contributed by atoms with E-state index >= 15 is 0 Å². The first-order chi connectivity index (χ1) is 15.2. The molecule has 2 amide bonds. The van der Waals surface area contributed by atoms with E-state index in [1.807, 2.05) is 18.2 Å². The molecule has 7 heteroatoms. The van der Waals surface area contributed by atoms with Gasteiger partial charge in [-0.25, -0.2) is 0 Å². The van der Waals surface area contributed by atoms with Crippen LogP contribution in [0, 0.1) is 5.41 Å². The summed E-state index contributed by atoms with van der Waals surface area (Å²) in [5.74, 6) is -0.0720. The van der Waals surface area contributed by atoms with Gasteiger partial charge in [0.05, 0.1) is 5.69 Å². The number of likely N-dealkylation sites (tertiary alicyclic amines) is 1. The normalized spacial score (nSPS) is 19.9. The molecule has 2 aromatic heterocycles. The van der Waals surface area contributed by atoms with Gasteiger partial charge < -0.3 is 14.8 Å². The number of anilines is 1. The van der Waals surface area contributed by atoms with E-state index in [2.05, 4.69) is 35.1 Å². The summed E-state index contributed by atoms with van der Waals surface area (Å²) < 4.78 is 0. The molecule has 2 N–H and O–H groups in total. The average molecular weight is 434 g/mol. The van der Waals surface area contributed by atoms with Gasteiger partial charge in [0.15, 0.2) is 0 Å². The van der Waals surface area contributed by atoms with Crippen molar-refractivity contribution >= 4 is 28.4 Å². The highest BCUT2D eigenvalue weighted by Crippen LogP contribution is 2.38. The first-order valence-electron chi connectivity index (χ1n) is 11.5. The van der Waals surface area contributed by atoms with E-state index in [0.717, 1.165) is 60.1 Å². The first kappa shape index (κ1) is 20.8. The number of hydrogen-bond acceptors (Lipinski definition) is 3. The number of H-pyrrole nitrogens is 2. The Morgan fingerprint density at radius 1 is 1.25 bits per heavy atom. The van der Waals surface area contributed by atoms with E-state index in [1.165, 1.54) is 18.2 Å². The molecule has 3 aromatic rings. The van der Waals surface area contributed by atoms with Crippen LogP contribution in [0.2, 0.25) is 0 Å². The van der Waals surface area contributed by atoms with Crippen LogP contribution in [0.4, 0.5) is 5.69 Å². The molecule has 1 fully saturated rings. The third-order valence-corrected chi connectivity index (χ3v) is 7.18. The Kier molecular flexibility index (Phi) is 4.87. The highest BCUT2D eigenvalue weighted by molar-refractivity contribution is 6.00. The molecule has 0 saturated carbocycles. The van der Waals surface area contributed by atoms with Crippen LogP contribution in [0.5, 0.6) is 0 Å². The highest BCUT2D eigenvalue weighted by Gasteiger charge is 2.34. The third kappa shape index (κ3) is 3.49. The number of amides is 2. The number of fused-ring (bicyclic) bond motifs is 2. The van der Waals surface area contributed by atoms with E-state index in [-0.39, 0.29) is 17.9 Å². The van der Waals surface area contributed by atoms with Gasteiger partial charge in [-0.1, -0.05) is 19.9 Å². The van der Waals surface area contributed by atoms with Crippen LogP contribution in [0.3, 0.4) is 0 Å². The molecule has 3 heterocycles. The summed E-state index contributed by atoms with van der Waals surface area (Å²) in [6.45, 7) is 6.80. The fourth-order valence-electron chi connectivity index (χ4n) is 5.27. The number of benzene rings is 1. The largest absolute Gasteiger partial charge is 0.353 e. The molecule has 0 unspecified atom stereocenters. The van der Waals surface area contributed by atoms with E-state index < -0.39 is 0 Å². The number of rotatable bonds is 3. The van der Waals surface area contributed by atoms with Gasteiger partial charge in [-0.3, -0.25) is 14.7 Å². The molecular weight excluding hydrogens is 402 g/mol. The van der Waals surface area contributed by atoms with Crippen LogP contribution in [0.25, 0.3) is 22.3 Å². The molecule has 1 atom stereocenters. The SMILES string of the molecule is CC(=O)N1CCC[C@H]1C(=O)N(C)c1ccc2cc(-c3n[nH]c4c3CCC(C)(C)C4)[nH]c2c1. The summed E-state index contributed by atoms with van der Waals surface area (Å²) in [5, 5.41) is 8.98. The Labute approximate surface area is 188 Å². The molecular formula is C25H31N5O2. The second-order valence-electron chi connectivity index (χ2n) is 10.1. The van der Waals surface area contributed by atoms with Crippen molar-refractivity contribution in [2.75, 3.05) is 18.5 Å². The van der Waals surface area contributed by atoms with Crippen molar-refractivity contribution in [2.24, 2.45) is 5.41 Å². The lowest BCUT2D eigenvalue weighted by Gasteiger charge is -2.28. The number of likely N-dealkylation sites (N-methyl/N-ethyl adjacent to an activating group) is 1. The van der Waals surface area contributed by atoms with Crippen molar-refractivity contribution in [3.63, 3.8) is 0 Å². The predicted octanol–water partition coefficient (Wildman–Crippen LogP) is 4.05. The van der Waals surface area contributed by atoms with Crippen LogP contribution < -0.4 is 4.90 Å². The maximum Gasteiger partial charge on any atom is 0.249 e. The maximum absolute atomic E-state index is 13.1. The summed E-state index contributed by atoms with van der Waals surface area (Å²) in [6, 6.07) is 7.77. The van der Waals surface area contributed by atoms with Gasteiger partial charge in [0.25, 0.3) is 0 Å². The fourth-order valence-corrected chi connectivity index (χ4v) is 5.27. The molecule has 0 bridgehead atoms. The van der Waals surface area contributed by atoms with Gasteiger partial charge in [-0.15, -0.1) is 0 Å². The second kappa shape index (κ2) is 7.50. The minimum Gasteiger partial charge on any atom is -0.353 e. The molecule has 0 radical (unpaired) electrons. The number of aromatic nitrogens is 3. The molecule has 1 saturated heterocycles. The Hall–Kier alpha value is -3.09. The Morgan fingerprint density at radius 3 is 2.84 bits per heavy atom. The van der Waals surface area contributed by atoms with E-state index in [1.54, 1.807) is 16.8 Å². The van der Waals surface area contributed by atoms with Crippen LogP contribution >= 0.6 is 0 Å². The molecule has 7 nitrogen and oxygen atoms in total. The zero-order valence-electron chi connectivity index (χ0n) is 19.3. The summed E-state index contributed by atoms with van der Waals surface area (Å²) in [4.78, 5) is 31.9. The number of carbonyl (C=O) groups excluding carboxylic acids is 2. The van der Waals surface area contributed by atoms with Gasteiger partial charge in [-0.05, 0) is 55.7 Å². The van der Waals surface area contributed by atoms with E-state index in [4.69, 9.17) is 0 Å². The standard InChI is InChI=1S/C25H31N5O2/c1-15(31)30-11-5-6-22(30)24(32)29(4)17-8-7-16-12-20(26-19(16)13-17)23-18-9-10-25(2,3)14-21(18)27-28-23/h7-8,12-13,22,26H,5-6,9-11,14H2,1-4H3,(H,27,28)/t22-/m0/s1. The van der Waals surface area contributed by atoms with Gasteiger partial charge in [-0.2, -0.15) is 5.10 Å². The average Bonchev–Trinajstić information content (AvgIpc) is 3.48. The monoisotopic (exact) mass is 433 g/mol. The Balaban J connectivity index is 1.42. The number of hydrogen-bond donors (Lipinski definition) is 2. The molecule has 0 spiro atoms. The summed E-state index contributed by atoms with van der Waals surface area (Å²) in [7, 11) is 1.79. The van der Waals surface area contributed by atoms with Crippen molar-refractivity contribution < 1.29 is 9.59 Å². The van der Waals surface area contributed by atoms with Crippen molar-refractivity contribution in [1.82, 2.24) is 20.1 Å².